The standard InChI is InChI=1S/C17H15N3O.2O3S/c1-11-5-8-13(9-6-11)19-20-17-14(18)10-7-12-3-2-4-15(21)16(12)17;2*1-4(2)3/h2-10,21H,18H2,1H3;;. The van der Waals surface area contributed by atoms with E-state index in [9.17, 15) is 5.11 Å². The SMILES string of the molecule is Cc1ccc(N=Nc2c(N)ccc3cccc(O)c23)cc1.O=S(=O)=O.O=S(=O)=O. The molecule has 3 aromatic rings. The highest BCUT2D eigenvalue weighted by atomic mass is 32.2. The van der Waals surface area contributed by atoms with Gasteiger partial charge in [0.05, 0.1) is 16.8 Å². The maximum atomic E-state index is 10.1. The second-order valence-electron chi connectivity index (χ2n) is 5.32. The van der Waals surface area contributed by atoms with Crippen LogP contribution < -0.4 is 5.73 Å². The topological polar surface area (TPSA) is 173 Å². The monoisotopic (exact) mass is 437 g/mol. The molecule has 0 aliphatic rings. The Morgan fingerprint density at radius 3 is 1.90 bits per heavy atom. The highest BCUT2D eigenvalue weighted by molar-refractivity contribution is 7.59. The molecule has 0 radical (unpaired) electrons. The molecule has 12 heteroatoms. The van der Waals surface area contributed by atoms with E-state index < -0.39 is 21.2 Å². The predicted octanol–water partition coefficient (Wildman–Crippen LogP) is 2.84. The molecule has 0 fully saturated rings. The van der Waals surface area contributed by atoms with Crippen LogP contribution in [0.5, 0.6) is 5.75 Å². The minimum Gasteiger partial charge on any atom is -0.507 e. The maximum absolute atomic E-state index is 10.1. The molecule has 0 heterocycles. The lowest BCUT2D eigenvalue weighted by Gasteiger charge is -2.06. The molecule has 0 aromatic heterocycles. The first kappa shape index (κ1) is 23.4. The number of phenols is 1. The van der Waals surface area contributed by atoms with Gasteiger partial charge in [0.2, 0.25) is 0 Å². The van der Waals surface area contributed by atoms with E-state index in [-0.39, 0.29) is 5.75 Å². The molecule has 0 amide bonds. The van der Waals surface area contributed by atoms with Crippen molar-refractivity contribution in [3.8, 4) is 5.75 Å². The van der Waals surface area contributed by atoms with Crippen molar-refractivity contribution in [2.24, 2.45) is 10.2 Å². The van der Waals surface area contributed by atoms with Gasteiger partial charge >= 0.3 is 21.2 Å². The molecule has 0 aliphatic heterocycles. The number of azo groups is 1. The minimum atomic E-state index is -3.11. The van der Waals surface area contributed by atoms with Gasteiger partial charge in [0.25, 0.3) is 0 Å². The average molecular weight is 437 g/mol. The molecular formula is C17H15N3O7S2. The minimum absolute atomic E-state index is 0.151. The normalized spacial score (nSPS) is 9.83. The maximum Gasteiger partial charge on any atom is 0.425 e. The number of anilines is 1. The van der Waals surface area contributed by atoms with E-state index >= 15 is 0 Å². The van der Waals surface area contributed by atoms with E-state index in [1.165, 1.54) is 0 Å². The van der Waals surface area contributed by atoms with Crippen molar-refractivity contribution < 1.29 is 30.4 Å². The fourth-order valence-electron chi connectivity index (χ4n) is 2.18. The molecule has 3 rings (SSSR count). The van der Waals surface area contributed by atoms with Crippen LogP contribution in [0.25, 0.3) is 10.8 Å². The largest absolute Gasteiger partial charge is 0.507 e. The van der Waals surface area contributed by atoms with Crippen LogP contribution in [0.2, 0.25) is 0 Å². The third-order valence-corrected chi connectivity index (χ3v) is 3.33. The first-order chi connectivity index (χ1) is 13.6. The number of hydrogen-bond donors (Lipinski definition) is 2. The molecule has 0 unspecified atom stereocenters. The quantitative estimate of drug-likeness (QED) is 0.454. The van der Waals surface area contributed by atoms with Gasteiger partial charge in [-0.1, -0.05) is 35.9 Å². The summed E-state index contributed by atoms with van der Waals surface area (Å²) in [5.41, 5.74) is 8.86. The van der Waals surface area contributed by atoms with Gasteiger partial charge in [0, 0.05) is 0 Å². The first-order valence-corrected chi connectivity index (χ1v) is 9.64. The lowest BCUT2D eigenvalue weighted by molar-refractivity contribution is 0.481. The zero-order valence-electron chi connectivity index (χ0n) is 14.9. The number of nitrogens with two attached hydrogens (primary N) is 1. The summed E-state index contributed by atoms with van der Waals surface area (Å²) in [5, 5.41) is 20.0. The van der Waals surface area contributed by atoms with Gasteiger partial charge in [-0.15, -0.1) is 30.4 Å². The van der Waals surface area contributed by atoms with E-state index in [1.54, 1.807) is 18.2 Å². The summed E-state index contributed by atoms with van der Waals surface area (Å²) in [6.07, 6.45) is 0. The number of hydrogen-bond acceptors (Lipinski definition) is 10. The van der Waals surface area contributed by atoms with Crippen molar-refractivity contribution in [2.45, 2.75) is 6.92 Å². The Bertz CT molecular complexity index is 1200. The molecule has 29 heavy (non-hydrogen) atoms. The Morgan fingerprint density at radius 2 is 1.34 bits per heavy atom. The predicted molar refractivity (Wildman–Crippen MR) is 105 cm³/mol. The van der Waals surface area contributed by atoms with E-state index in [4.69, 9.17) is 31.0 Å². The van der Waals surface area contributed by atoms with E-state index in [1.807, 2.05) is 43.3 Å². The number of nitrogen functional groups attached to an aromatic ring is 1. The summed E-state index contributed by atoms with van der Waals surface area (Å²) >= 11 is 0. The number of benzene rings is 3. The van der Waals surface area contributed by atoms with E-state index in [0.29, 0.717) is 16.8 Å². The van der Waals surface area contributed by atoms with Crippen LogP contribution in [-0.2, 0) is 21.2 Å². The number of aromatic hydroxyl groups is 1. The van der Waals surface area contributed by atoms with Crippen molar-refractivity contribution in [1.82, 2.24) is 0 Å². The molecule has 152 valence electrons. The van der Waals surface area contributed by atoms with Crippen molar-refractivity contribution in [1.29, 1.82) is 0 Å². The summed E-state index contributed by atoms with van der Waals surface area (Å²) < 4.78 is 50.7. The van der Waals surface area contributed by atoms with Crippen molar-refractivity contribution in [3.63, 3.8) is 0 Å². The van der Waals surface area contributed by atoms with Crippen molar-refractivity contribution >= 4 is 49.1 Å². The van der Waals surface area contributed by atoms with Gasteiger partial charge in [-0.05, 0) is 36.6 Å². The second-order valence-corrected chi connectivity index (χ2v) is 6.14. The molecule has 0 aliphatic carbocycles. The van der Waals surface area contributed by atoms with Gasteiger partial charge in [-0.25, -0.2) is 0 Å². The Labute approximate surface area is 168 Å². The number of rotatable bonds is 2. The summed E-state index contributed by atoms with van der Waals surface area (Å²) in [4.78, 5) is 0. The first-order valence-electron chi connectivity index (χ1n) is 7.64. The van der Waals surface area contributed by atoms with Crippen molar-refractivity contribution in [2.75, 3.05) is 5.73 Å². The van der Waals surface area contributed by atoms with E-state index in [0.717, 1.165) is 16.6 Å². The van der Waals surface area contributed by atoms with Gasteiger partial charge in [0.1, 0.15) is 11.4 Å². The lowest BCUT2D eigenvalue weighted by atomic mass is 10.1. The highest BCUT2D eigenvalue weighted by Crippen LogP contribution is 2.38. The average Bonchev–Trinajstić information content (AvgIpc) is 2.62. The molecule has 3 N–H and O–H groups in total. The summed E-state index contributed by atoms with van der Waals surface area (Å²) in [5.74, 6) is 0.151. The van der Waals surface area contributed by atoms with Gasteiger partial charge in [-0.3, -0.25) is 0 Å². The Hall–Kier alpha value is -3.64. The van der Waals surface area contributed by atoms with Crippen LogP contribution in [0.1, 0.15) is 5.56 Å². The number of fused-ring (bicyclic) bond motifs is 1. The molecule has 10 nitrogen and oxygen atoms in total. The van der Waals surface area contributed by atoms with Gasteiger partial charge < -0.3 is 10.8 Å². The molecule has 0 bridgehead atoms. The Balaban J connectivity index is 0.000000452. The van der Waals surface area contributed by atoms with Crippen LogP contribution in [0, 0.1) is 6.92 Å². The molecule has 3 aromatic carbocycles. The molecule has 0 saturated carbocycles. The summed E-state index contributed by atoms with van der Waals surface area (Å²) in [7, 11) is -6.22. The summed E-state index contributed by atoms with van der Waals surface area (Å²) in [6, 6.07) is 16.7. The second kappa shape index (κ2) is 11.3. The summed E-state index contributed by atoms with van der Waals surface area (Å²) in [6.45, 7) is 2.02. The van der Waals surface area contributed by atoms with Crippen molar-refractivity contribution in [3.05, 3.63) is 60.2 Å². The van der Waals surface area contributed by atoms with Crippen LogP contribution in [0.15, 0.2) is 64.8 Å². The fraction of sp³-hybridized carbons (Fsp3) is 0.0588. The van der Waals surface area contributed by atoms with Crippen LogP contribution in [-0.4, -0.2) is 30.4 Å². The smallest absolute Gasteiger partial charge is 0.425 e. The highest BCUT2D eigenvalue weighted by Gasteiger charge is 2.08. The van der Waals surface area contributed by atoms with Crippen LogP contribution in [0.4, 0.5) is 17.1 Å². The number of nitrogens with zero attached hydrogens (tertiary/aromatic N) is 2. The third kappa shape index (κ3) is 8.28. The van der Waals surface area contributed by atoms with Crippen LogP contribution in [0.3, 0.4) is 0 Å². The number of phenolic OH excluding ortho intramolecular Hbond substituents is 1. The molecule has 0 atom stereocenters. The third-order valence-electron chi connectivity index (χ3n) is 3.33. The molecule has 0 saturated heterocycles. The Kier molecular flexibility index (Phi) is 9.08. The van der Waals surface area contributed by atoms with Gasteiger partial charge in [0.15, 0.2) is 0 Å². The van der Waals surface area contributed by atoms with Gasteiger partial charge in [-0.2, -0.15) is 5.11 Å². The Morgan fingerprint density at radius 1 is 0.793 bits per heavy atom. The molecule has 0 spiro atoms. The van der Waals surface area contributed by atoms with Crippen LogP contribution >= 0.6 is 0 Å². The van der Waals surface area contributed by atoms with E-state index in [2.05, 4.69) is 10.2 Å². The molecular weight excluding hydrogens is 422 g/mol. The zero-order chi connectivity index (χ0) is 22.0. The number of aryl methyl sites for hydroxylation is 1. The lowest BCUT2D eigenvalue weighted by Crippen LogP contribution is -1.86. The zero-order valence-corrected chi connectivity index (χ0v) is 16.5. The fourth-order valence-corrected chi connectivity index (χ4v) is 2.18.